The summed E-state index contributed by atoms with van der Waals surface area (Å²) < 4.78 is 27.6. The minimum Gasteiger partial charge on any atom is -0.390 e. The van der Waals surface area contributed by atoms with Crippen LogP contribution in [0.15, 0.2) is 11.4 Å². The van der Waals surface area contributed by atoms with Gasteiger partial charge in [-0.1, -0.05) is 0 Å². The molecule has 2 atom stereocenters. The number of piperidine rings is 1. The molecule has 2 N–H and O–H groups in total. The van der Waals surface area contributed by atoms with Gasteiger partial charge >= 0.3 is 0 Å². The van der Waals surface area contributed by atoms with Crippen LogP contribution in [0.4, 0.5) is 5.82 Å². The first kappa shape index (κ1) is 17.5. The number of aromatic nitrogens is 2. The van der Waals surface area contributed by atoms with Gasteiger partial charge in [0, 0.05) is 27.2 Å². The maximum Gasteiger partial charge on any atom is 0.279 e. The summed E-state index contributed by atoms with van der Waals surface area (Å²) in [5.41, 5.74) is 0. The molecule has 1 aliphatic rings. The van der Waals surface area contributed by atoms with Gasteiger partial charge in [0.1, 0.15) is 16.5 Å². The first-order valence-corrected chi connectivity index (χ1v) is 9.94. The molecule has 0 spiro atoms. The zero-order valence-electron chi connectivity index (χ0n) is 13.8. The SMILES string of the molecule is Cc1nc(N2CC[C@@H](NS(=O)(=O)N(C)C)[C@H](O)C2)c2ccsc2n1. The van der Waals surface area contributed by atoms with Crippen LogP contribution in [-0.4, -0.2) is 67.1 Å². The van der Waals surface area contributed by atoms with Crippen LogP contribution >= 0.6 is 11.3 Å². The normalized spacial score (nSPS) is 22.5. The first-order chi connectivity index (χ1) is 11.3. The lowest BCUT2D eigenvalue weighted by Gasteiger charge is -2.37. The molecule has 0 unspecified atom stereocenters. The van der Waals surface area contributed by atoms with Gasteiger partial charge in [-0.05, 0) is 24.8 Å². The van der Waals surface area contributed by atoms with Crippen LogP contribution < -0.4 is 9.62 Å². The number of nitrogens with one attached hydrogen (secondary N) is 1. The lowest BCUT2D eigenvalue weighted by molar-refractivity contribution is 0.123. The first-order valence-electron chi connectivity index (χ1n) is 7.62. The summed E-state index contributed by atoms with van der Waals surface area (Å²) in [5, 5.41) is 13.3. The second kappa shape index (κ2) is 6.52. The van der Waals surface area contributed by atoms with Crippen molar-refractivity contribution in [1.29, 1.82) is 0 Å². The molecule has 24 heavy (non-hydrogen) atoms. The highest BCUT2D eigenvalue weighted by Crippen LogP contribution is 2.29. The minimum atomic E-state index is -3.56. The van der Waals surface area contributed by atoms with E-state index in [9.17, 15) is 13.5 Å². The van der Waals surface area contributed by atoms with E-state index in [1.807, 2.05) is 23.3 Å². The van der Waals surface area contributed by atoms with Gasteiger partial charge in [0.2, 0.25) is 0 Å². The Morgan fingerprint density at radius 3 is 2.83 bits per heavy atom. The van der Waals surface area contributed by atoms with Crippen LogP contribution in [0.2, 0.25) is 0 Å². The van der Waals surface area contributed by atoms with E-state index in [4.69, 9.17) is 0 Å². The van der Waals surface area contributed by atoms with Gasteiger partial charge in [-0.2, -0.15) is 17.4 Å². The molecule has 0 aliphatic carbocycles. The van der Waals surface area contributed by atoms with Gasteiger partial charge in [0.25, 0.3) is 10.2 Å². The van der Waals surface area contributed by atoms with E-state index in [1.165, 1.54) is 14.1 Å². The third kappa shape index (κ3) is 3.38. The maximum atomic E-state index is 12.0. The number of aliphatic hydroxyl groups excluding tert-OH is 1. The fourth-order valence-corrected chi connectivity index (χ4v) is 4.42. The van der Waals surface area contributed by atoms with E-state index in [2.05, 4.69) is 14.7 Å². The second-order valence-electron chi connectivity index (χ2n) is 6.05. The summed E-state index contributed by atoms with van der Waals surface area (Å²) in [6.07, 6.45) is -0.305. The fraction of sp³-hybridized carbons (Fsp3) is 0.571. The van der Waals surface area contributed by atoms with Gasteiger partial charge in [0.05, 0.1) is 17.5 Å². The molecule has 0 amide bonds. The summed E-state index contributed by atoms with van der Waals surface area (Å²) >= 11 is 1.55. The Morgan fingerprint density at radius 1 is 1.42 bits per heavy atom. The number of hydrogen-bond acceptors (Lipinski definition) is 7. The van der Waals surface area contributed by atoms with Crippen LogP contribution in [0.5, 0.6) is 0 Å². The van der Waals surface area contributed by atoms with Gasteiger partial charge in [-0.15, -0.1) is 11.3 Å². The van der Waals surface area contributed by atoms with Crippen molar-refractivity contribution in [1.82, 2.24) is 19.0 Å². The molecule has 0 saturated carbocycles. The van der Waals surface area contributed by atoms with Crippen LogP contribution in [0.1, 0.15) is 12.2 Å². The molecule has 132 valence electrons. The van der Waals surface area contributed by atoms with Crippen molar-refractivity contribution in [2.45, 2.75) is 25.5 Å². The zero-order valence-corrected chi connectivity index (χ0v) is 15.4. The zero-order chi connectivity index (χ0) is 17.5. The highest BCUT2D eigenvalue weighted by molar-refractivity contribution is 7.87. The Balaban J connectivity index is 1.79. The molecule has 0 bridgehead atoms. The van der Waals surface area contributed by atoms with Crippen LogP contribution in [0, 0.1) is 6.92 Å². The van der Waals surface area contributed by atoms with Crippen molar-refractivity contribution in [2.75, 3.05) is 32.1 Å². The van der Waals surface area contributed by atoms with E-state index in [1.54, 1.807) is 11.3 Å². The van der Waals surface area contributed by atoms with Crippen molar-refractivity contribution in [3.05, 3.63) is 17.3 Å². The molecular formula is C14H21N5O3S2. The minimum absolute atomic E-state index is 0.321. The molecule has 1 aliphatic heterocycles. The van der Waals surface area contributed by atoms with Gasteiger partial charge in [-0.3, -0.25) is 0 Å². The Kier molecular flexibility index (Phi) is 4.76. The number of thiophene rings is 1. The molecule has 0 radical (unpaired) electrons. The highest BCUT2D eigenvalue weighted by Gasteiger charge is 2.32. The Hall–Kier alpha value is -1.33. The maximum absolute atomic E-state index is 12.0. The summed E-state index contributed by atoms with van der Waals surface area (Å²) in [7, 11) is -0.646. The number of rotatable bonds is 4. The third-order valence-corrected chi connectivity index (χ3v) is 6.45. The van der Waals surface area contributed by atoms with Crippen molar-refractivity contribution >= 4 is 37.6 Å². The highest BCUT2D eigenvalue weighted by atomic mass is 32.2. The Morgan fingerprint density at radius 2 is 2.17 bits per heavy atom. The summed E-state index contributed by atoms with van der Waals surface area (Å²) in [5.74, 6) is 1.48. The summed E-state index contributed by atoms with van der Waals surface area (Å²) in [4.78, 5) is 11.9. The molecule has 0 aromatic carbocycles. The van der Waals surface area contributed by atoms with E-state index in [0.29, 0.717) is 25.3 Å². The number of fused-ring (bicyclic) bond motifs is 1. The lowest BCUT2D eigenvalue weighted by atomic mass is 10.0. The van der Waals surface area contributed by atoms with E-state index in [0.717, 1.165) is 20.3 Å². The largest absolute Gasteiger partial charge is 0.390 e. The molecule has 3 rings (SSSR count). The monoisotopic (exact) mass is 371 g/mol. The van der Waals surface area contributed by atoms with Crippen LogP contribution in [0.3, 0.4) is 0 Å². The van der Waals surface area contributed by atoms with Crippen LogP contribution in [-0.2, 0) is 10.2 Å². The molecule has 8 nitrogen and oxygen atoms in total. The number of aryl methyl sites for hydroxylation is 1. The number of hydrogen-bond donors (Lipinski definition) is 2. The number of anilines is 1. The van der Waals surface area contributed by atoms with Crippen molar-refractivity contribution in [3.63, 3.8) is 0 Å². The van der Waals surface area contributed by atoms with Crippen molar-refractivity contribution in [3.8, 4) is 0 Å². The topological polar surface area (TPSA) is 98.7 Å². The molecular weight excluding hydrogens is 350 g/mol. The van der Waals surface area contributed by atoms with E-state index < -0.39 is 22.4 Å². The molecule has 3 heterocycles. The van der Waals surface area contributed by atoms with Crippen LogP contribution in [0.25, 0.3) is 10.2 Å². The predicted octanol–water partition coefficient (Wildman–Crippen LogP) is 0.335. The van der Waals surface area contributed by atoms with Gasteiger partial charge < -0.3 is 10.0 Å². The average molecular weight is 371 g/mol. The molecule has 1 saturated heterocycles. The van der Waals surface area contributed by atoms with E-state index >= 15 is 0 Å². The summed E-state index contributed by atoms with van der Waals surface area (Å²) in [6, 6.07) is 1.47. The lowest BCUT2D eigenvalue weighted by Crippen LogP contribution is -2.56. The molecule has 2 aromatic rings. The summed E-state index contributed by atoms with van der Waals surface area (Å²) in [6.45, 7) is 2.78. The predicted molar refractivity (Wildman–Crippen MR) is 94.5 cm³/mol. The average Bonchev–Trinajstić information content (AvgIpc) is 2.96. The van der Waals surface area contributed by atoms with Crippen molar-refractivity contribution in [2.24, 2.45) is 0 Å². The van der Waals surface area contributed by atoms with Crippen molar-refractivity contribution < 1.29 is 13.5 Å². The quantitative estimate of drug-likeness (QED) is 0.804. The fourth-order valence-electron chi connectivity index (χ4n) is 2.74. The molecule has 10 heteroatoms. The Labute approximate surface area is 145 Å². The number of nitrogens with zero attached hydrogens (tertiary/aromatic N) is 4. The Bertz CT molecular complexity index is 836. The molecule has 1 fully saturated rings. The standard InChI is InChI=1S/C14H21N5O3S2/c1-9-15-13(10-5-7-23-14(10)16-9)19-6-4-11(12(20)8-19)17-24(21,22)18(2)3/h5,7,11-12,17,20H,4,6,8H2,1-3H3/t11-,12-/m1/s1. The van der Waals surface area contributed by atoms with Gasteiger partial charge in [0.15, 0.2) is 0 Å². The van der Waals surface area contributed by atoms with E-state index in [-0.39, 0.29) is 0 Å². The third-order valence-electron chi connectivity index (χ3n) is 4.08. The number of aliphatic hydroxyl groups is 1. The number of β-amino-alcohol motifs (C(OH)–C–C–N with tert-alkyl or cyclic N) is 1. The smallest absolute Gasteiger partial charge is 0.279 e. The second-order valence-corrected chi connectivity index (χ2v) is 8.86. The van der Waals surface area contributed by atoms with Gasteiger partial charge in [-0.25, -0.2) is 9.97 Å². The molecule has 2 aromatic heterocycles.